The average molecular weight is 475 g/mol. The first-order valence-electron chi connectivity index (χ1n) is 11.3. The van der Waals surface area contributed by atoms with E-state index < -0.39 is 5.82 Å². The van der Waals surface area contributed by atoms with Crippen molar-refractivity contribution in [2.75, 3.05) is 51.1 Å². The fourth-order valence-corrected chi connectivity index (χ4v) is 4.47. The second-order valence-corrected chi connectivity index (χ2v) is 8.56. The van der Waals surface area contributed by atoms with Gasteiger partial charge in [0.15, 0.2) is 0 Å². The Morgan fingerprint density at radius 3 is 2.73 bits per heavy atom. The number of hydrogen-bond donors (Lipinski definition) is 2. The van der Waals surface area contributed by atoms with Crippen molar-refractivity contribution in [3.8, 4) is 0 Å². The predicted octanol–water partition coefficient (Wildman–Crippen LogP) is 4.59. The highest BCUT2D eigenvalue weighted by molar-refractivity contribution is 6.31. The molecule has 33 heavy (non-hydrogen) atoms. The van der Waals surface area contributed by atoms with Gasteiger partial charge in [0.05, 0.1) is 16.6 Å². The molecule has 2 heterocycles. The van der Waals surface area contributed by atoms with E-state index in [0.717, 1.165) is 39.3 Å². The smallest absolute Gasteiger partial charge is 0.141 e. The molecule has 1 unspecified atom stereocenters. The SMILES string of the molecule is CCN(CC)CCN1CCNCC1c1cc2ncnc(Nc3ccc(F)c(Cl)c3)c2cc1F. The molecule has 2 aromatic carbocycles. The highest BCUT2D eigenvalue weighted by atomic mass is 35.5. The summed E-state index contributed by atoms with van der Waals surface area (Å²) in [6, 6.07) is 7.53. The number of piperazine rings is 1. The lowest BCUT2D eigenvalue weighted by Crippen LogP contribution is -2.48. The average Bonchev–Trinajstić information content (AvgIpc) is 2.82. The van der Waals surface area contributed by atoms with E-state index in [1.165, 1.54) is 24.5 Å². The van der Waals surface area contributed by atoms with E-state index in [1.54, 1.807) is 6.07 Å². The van der Waals surface area contributed by atoms with Crippen molar-refractivity contribution in [2.45, 2.75) is 19.9 Å². The Balaban J connectivity index is 1.62. The molecule has 1 aromatic heterocycles. The maximum Gasteiger partial charge on any atom is 0.141 e. The van der Waals surface area contributed by atoms with Crippen molar-refractivity contribution in [3.63, 3.8) is 0 Å². The molecule has 6 nitrogen and oxygen atoms in total. The molecule has 2 N–H and O–H groups in total. The minimum Gasteiger partial charge on any atom is -0.340 e. The number of hydrogen-bond acceptors (Lipinski definition) is 6. The van der Waals surface area contributed by atoms with Crippen molar-refractivity contribution in [3.05, 3.63) is 58.9 Å². The molecule has 0 aliphatic carbocycles. The number of nitrogens with zero attached hydrogens (tertiary/aromatic N) is 4. The summed E-state index contributed by atoms with van der Waals surface area (Å²) >= 11 is 5.89. The van der Waals surface area contributed by atoms with Crippen LogP contribution in [0.3, 0.4) is 0 Å². The molecule has 0 saturated carbocycles. The van der Waals surface area contributed by atoms with E-state index in [1.807, 2.05) is 6.07 Å². The van der Waals surface area contributed by atoms with Crippen LogP contribution in [0.15, 0.2) is 36.7 Å². The van der Waals surface area contributed by atoms with Crippen LogP contribution in [0.4, 0.5) is 20.3 Å². The Morgan fingerprint density at radius 1 is 1.15 bits per heavy atom. The number of rotatable bonds is 8. The quantitative estimate of drug-likeness (QED) is 0.498. The minimum atomic E-state index is -0.503. The Morgan fingerprint density at radius 2 is 1.97 bits per heavy atom. The molecule has 1 aliphatic heterocycles. The first-order valence-corrected chi connectivity index (χ1v) is 11.7. The van der Waals surface area contributed by atoms with Crippen LogP contribution >= 0.6 is 11.6 Å². The van der Waals surface area contributed by atoms with Crippen molar-refractivity contribution in [1.29, 1.82) is 0 Å². The van der Waals surface area contributed by atoms with Gasteiger partial charge < -0.3 is 15.5 Å². The normalized spacial score (nSPS) is 17.1. The zero-order chi connectivity index (χ0) is 23.4. The fourth-order valence-electron chi connectivity index (χ4n) is 4.29. The zero-order valence-electron chi connectivity index (χ0n) is 18.9. The van der Waals surface area contributed by atoms with Gasteiger partial charge >= 0.3 is 0 Å². The standard InChI is InChI=1S/C24H29ClF2N6/c1-3-32(4-2)9-10-33-8-7-28-14-23(33)17-13-22-18(12-21(17)27)24(30-15-29-22)31-16-5-6-20(26)19(25)11-16/h5-6,11-13,15,23,28H,3-4,7-10,14H2,1-2H3,(H,29,30,31). The second-order valence-electron chi connectivity index (χ2n) is 8.15. The summed E-state index contributed by atoms with van der Waals surface area (Å²) in [5, 5.41) is 7.05. The first-order chi connectivity index (χ1) is 16.0. The van der Waals surface area contributed by atoms with Gasteiger partial charge in [-0.25, -0.2) is 18.7 Å². The lowest BCUT2D eigenvalue weighted by molar-refractivity contribution is 0.137. The highest BCUT2D eigenvalue weighted by Gasteiger charge is 2.27. The minimum absolute atomic E-state index is 0.00132. The van der Waals surface area contributed by atoms with Gasteiger partial charge in [-0.2, -0.15) is 0 Å². The molecule has 1 atom stereocenters. The largest absolute Gasteiger partial charge is 0.340 e. The van der Waals surface area contributed by atoms with Crippen LogP contribution in [0.2, 0.25) is 5.02 Å². The van der Waals surface area contributed by atoms with Crippen molar-refractivity contribution >= 4 is 34.0 Å². The van der Waals surface area contributed by atoms with Gasteiger partial charge in [-0.15, -0.1) is 0 Å². The zero-order valence-corrected chi connectivity index (χ0v) is 19.7. The molecule has 176 valence electrons. The van der Waals surface area contributed by atoms with Gasteiger partial charge in [0.25, 0.3) is 0 Å². The number of nitrogens with one attached hydrogen (secondary N) is 2. The molecule has 0 amide bonds. The molecule has 1 fully saturated rings. The first kappa shape index (κ1) is 23.8. The van der Waals surface area contributed by atoms with E-state index in [0.29, 0.717) is 34.5 Å². The third-order valence-electron chi connectivity index (χ3n) is 6.25. The van der Waals surface area contributed by atoms with Crippen LogP contribution in [0.25, 0.3) is 10.9 Å². The summed E-state index contributed by atoms with van der Waals surface area (Å²) in [6.07, 6.45) is 1.44. The van der Waals surface area contributed by atoms with Gasteiger partial charge in [-0.05, 0) is 43.4 Å². The summed E-state index contributed by atoms with van der Waals surface area (Å²) in [5.41, 5.74) is 1.83. The van der Waals surface area contributed by atoms with E-state index in [-0.39, 0.29) is 16.9 Å². The molecule has 4 rings (SSSR count). The molecule has 0 spiro atoms. The van der Waals surface area contributed by atoms with E-state index in [4.69, 9.17) is 11.6 Å². The number of benzene rings is 2. The maximum atomic E-state index is 15.4. The number of fused-ring (bicyclic) bond motifs is 1. The predicted molar refractivity (Wildman–Crippen MR) is 129 cm³/mol. The molecule has 0 radical (unpaired) electrons. The summed E-state index contributed by atoms with van der Waals surface area (Å²) in [7, 11) is 0. The lowest BCUT2D eigenvalue weighted by atomic mass is 10.0. The van der Waals surface area contributed by atoms with Crippen molar-refractivity contribution in [1.82, 2.24) is 25.1 Å². The third-order valence-corrected chi connectivity index (χ3v) is 6.54. The van der Waals surface area contributed by atoms with Gasteiger partial charge in [0.2, 0.25) is 0 Å². The molecule has 3 aromatic rings. The van der Waals surface area contributed by atoms with Gasteiger partial charge in [-0.3, -0.25) is 4.90 Å². The Labute approximate surface area is 198 Å². The van der Waals surface area contributed by atoms with Crippen molar-refractivity contribution in [2.24, 2.45) is 0 Å². The van der Waals surface area contributed by atoms with Crippen LogP contribution in [-0.4, -0.2) is 65.6 Å². The van der Waals surface area contributed by atoms with Crippen LogP contribution in [0.1, 0.15) is 25.5 Å². The number of halogens is 3. The molecule has 1 saturated heterocycles. The topological polar surface area (TPSA) is 56.3 Å². The number of likely N-dealkylation sites (N-methyl/N-ethyl adjacent to an activating group) is 1. The Kier molecular flexibility index (Phi) is 7.70. The van der Waals surface area contributed by atoms with Crippen LogP contribution < -0.4 is 10.6 Å². The maximum absolute atomic E-state index is 15.4. The van der Waals surface area contributed by atoms with E-state index in [2.05, 4.69) is 44.2 Å². The number of aromatic nitrogens is 2. The Hall–Kier alpha value is -2.39. The third kappa shape index (κ3) is 5.41. The summed E-state index contributed by atoms with van der Waals surface area (Å²) in [6.45, 7) is 10.6. The molecular formula is C24H29ClF2N6. The summed E-state index contributed by atoms with van der Waals surface area (Å²) in [4.78, 5) is 13.4. The van der Waals surface area contributed by atoms with Gasteiger partial charge in [0, 0.05) is 49.4 Å². The van der Waals surface area contributed by atoms with Crippen LogP contribution in [0, 0.1) is 11.6 Å². The highest BCUT2D eigenvalue weighted by Crippen LogP contribution is 2.31. The van der Waals surface area contributed by atoms with Crippen molar-refractivity contribution < 1.29 is 8.78 Å². The summed E-state index contributed by atoms with van der Waals surface area (Å²) < 4.78 is 28.9. The molecule has 0 bridgehead atoms. The van der Waals surface area contributed by atoms with E-state index >= 15 is 4.39 Å². The number of anilines is 2. The van der Waals surface area contributed by atoms with Crippen LogP contribution in [0.5, 0.6) is 0 Å². The molecule has 9 heteroatoms. The van der Waals surface area contributed by atoms with E-state index in [9.17, 15) is 4.39 Å². The van der Waals surface area contributed by atoms with Gasteiger partial charge in [-0.1, -0.05) is 25.4 Å². The van der Waals surface area contributed by atoms with Gasteiger partial charge in [0.1, 0.15) is 23.8 Å². The molecular weight excluding hydrogens is 446 g/mol. The lowest BCUT2D eigenvalue weighted by Gasteiger charge is -2.37. The molecule has 1 aliphatic rings. The summed E-state index contributed by atoms with van der Waals surface area (Å²) in [5.74, 6) is -0.357. The monoisotopic (exact) mass is 474 g/mol. The van der Waals surface area contributed by atoms with Crippen LogP contribution in [-0.2, 0) is 0 Å². The second kappa shape index (κ2) is 10.7. The Bertz CT molecular complexity index is 1110. The fraction of sp³-hybridized carbons (Fsp3) is 0.417.